The molecule has 5 nitrogen and oxygen atoms in total. The Kier molecular flexibility index (Phi) is 7.44. The summed E-state index contributed by atoms with van der Waals surface area (Å²) in [5.74, 6) is 1.47. The molecule has 3 N–H and O–H groups in total. The maximum absolute atomic E-state index is 10.4. The molecule has 0 spiro atoms. The first-order chi connectivity index (χ1) is 9.22. The molecule has 2 aliphatic heterocycles. The van der Waals surface area contributed by atoms with Crippen molar-refractivity contribution in [3.05, 3.63) is 17.2 Å². The van der Waals surface area contributed by atoms with Gasteiger partial charge >= 0.3 is 0 Å². The second-order valence-electron chi connectivity index (χ2n) is 5.89. The van der Waals surface area contributed by atoms with Crippen LogP contribution < -0.4 is 5.32 Å². The van der Waals surface area contributed by atoms with E-state index in [1.165, 1.54) is 11.4 Å². The van der Waals surface area contributed by atoms with E-state index in [4.69, 9.17) is 0 Å². The van der Waals surface area contributed by atoms with E-state index in [-0.39, 0.29) is 30.9 Å². The molecule has 0 aromatic carbocycles. The van der Waals surface area contributed by atoms with Crippen LogP contribution in [0.3, 0.4) is 0 Å². The summed E-state index contributed by atoms with van der Waals surface area (Å²) in [6, 6.07) is 0. The number of aromatic amines is 1. The summed E-state index contributed by atoms with van der Waals surface area (Å²) in [6.07, 6.45) is 3.01. The van der Waals surface area contributed by atoms with Crippen LogP contribution in [-0.4, -0.2) is 52.3 Å². The number of hydrogen-bond donors (Lipinski definition) is 3. The van der Waals surface area contributed by atoms with E-state index in [0.717, 1.165) is 57.8 Å². The molecule has 122 valence electrons. The third-order valence-electron chi connectivity index (χ3n) is 4.40. The highest BCUT2D eigenvalue weighted by Gasteiger charge is 2.26. The zero-order chi connectivity index (χ0) is 13.2. The molecule has 1 atom stereocenters. The predicted octanol–water partition coefficient (Wildman–Crippen LogP) is 1.28. The van der Waals surface area contributed by atoms with Gasteiger partial charge in [0.2, 0.25) is 0 Å². The number of aryl methyl sites for hydroxylation is 1. The summed E-state index contributed by atoms with van der Waals surface area (Å²) in [6.45, 7) is 6.81. The van der Waals surface area contributed by atoms with Crippen LogP contribution in [0.2, 0.25) is 0 Å². The van der Waals surface area contributed by atoms with Crippen LogP contribution >= 0.6 is 24.8 Å². The molecule has 1 unspecified atom stereocenters. The maximum Gasteiger partial charge on any atom is 0.103 e. The van der Waals surface area contributed by atoms with Gasteiger partial charge in [-0.05, 0) is 38.8 Å². The average Bonchev–Trinajstić information content (AvgIpc) is 2.79. The van der Waals surface area contributed by atoms with Gasteiger partial charge in [-0.1, -0.05) is 0 Å². The molecule has 2 aliphatic rings. The van der Waals surface area contributed by atoms with Gasteiger partial charge in [0.15, 0.2) is 0 Å². The van der Waals surface area contributed by atoms with E-state index in [0.29, 0.717) is 5.92 Å². The van der Waals surface area contributed by atoms with E-state index in [1.807, 2.05) is 6.92 Å². The van der Waals surface area contributed by atoms with Crippen molar-refractivity contribution in [1.29, 1.82) is 0 Å². The van der Waals surface area contributed by atoms with Crippen molar-refractivity contribution in [3.63, 3.8) is 0 Å². The summed E-state index contributed by atoms with van der Waals surface area (Å²) in [7, 11) is 0. The molecule has 1 aromatic heterocycles. The Balaban J connectivity index is 0.00000110. The number of aromatic nitrogens is 2. The number of fused-ring (bicyclic) bond motifs is 1. The number of hydrogen-bond acceptors (Lipinski definition) is 4. The van der Waals surface area contributed by atoms with Crippen LogP contribution in [0.25, 0.3) is 0 Å². The lowest BCUT2D eigenvalue weighted by atomic mass is 9.91. The van der Waals surface area contributed by atoms with Crippen LogP contribution in [0.5, 0.6) is 0 Å². The molecular formula is C14H26Cl2N4O. The maximum atomic E-state index is 10.4. The van der Waals surface area contributed by atoms with Crippen molar-refractivity contribution in [2.75, 3.05) is 26.2 Å². The highest BCUT2D eigenvalue weighted by atomic mass is 35.5. The number of rotatable bonds is 3. The molecule has 3 rings (SSSR count). The van der Waals surface area contributed by atoms with E-state index in [9.17, 15) is 5.11 Å². The third-order valence-corrected chi connectivity index (χ3v) is 4.40. The molecule has 0 amide bonds. The fraction of sp³-hybridized carbons (Fsp3) is 0.786. The Hall–Kier alpha value is -0.330. The summed E-state index contributed by atoms with van der Waals surface area (Å²) < 4.78 is 0. The molecule has 7 heteroatoms. The highest BCUT2D eigenvalue weighted by molar-refractivity contribution is 5.85. The molecule has 1 fully saturated rings. The topological polar surface area (TPSA) is 64.2 Å². The lowest BCUT2D eigenvalue weighted by Gasteiger charge is -2.33. The molecule has 0 aliphatic carbocycles. The SMILES string of the molecule is Cc1nc2c([nH]1)CN(CC(O)C1CCNCC1)CC2.Cl.Cl. The van der Waals surface area contributed by atoms with E-state index in [1.54, 1.807) is 0 Å². The first-order valence-corrected chi connectivity index (χ1v) is 7.38. The number of aliphatic hydroxyl groups is 1. The number of halogens is 2. The zero-order valence-corrected chi connectivity index (χ0v) is 14.1. The molecule has 3 heterocycles. The number of β-amino-alcohol motifs (C(OH)–C–C–N with tert-alkyl or cyclic N) is 1. The lowest BCUT2D eigenvalue weighted by Crippen LogP contribution is -2.42. The standard InChI is InChI=1S/C14H24N4O.2ClH/c1-10-16-12-4-7-18(8-13(12)17-10)9-14(19)11-2-5-15-6-3-11;;/h11,14-15,19H,2-9H2,1H3,(H,16,17);2*1H. The Labute approximate surface area is 138 Å². The van der Waals surface area contributed by atoms with Crippen molar-refractivity contribution in [2.45, 2.75) is 38.8 Å². The van der Waals surface area contributed by atoms with Gasteiger partial charge in [-0.15, -0.1) is 24.8 Å². The van der Waals surface area contributed by atoms with Gasteiger partial charge in [-0.25, -0.2) is 4.98 Å². The van der Waals surface area contributed by atoms with Crippen LogP contribution in [0, 0.1) is 12.8 Å². The zero-order valence-electron chi connectivity index (χ0n) is 12.5. The van der Waals surface area contributed by atoms with Crippen molar-refractivity contribution in [2.24, 2.45) is 5.92 Å². The minimum Gasteiger partial charge on any atom is -0.392 e. The Morgan fingerprint density at radius 1 is 1.33 bits per heavy atom. The van der Waals surface area contributed by atoms with Gasteiger partial charge in [-0.3, -0.25) is 4.90 Å². The molecule has 0 saturated carbocycles. The van der Waals surface area contributed by atoms with Gasteiger partial charge in [-0.2, -0.15) is 0 Å². The van der Waals surface area contributed by atoms with Crippen LogP contribution in [0.15, 0.2) is 0 Å². The Bertz CT molecular complexity index is 435. The first-order valence-electron chi connectivity index (χ1n) is 7.38. The lowest BCUT2D eigenvalue weighted by molar-refractivity contribution is 0.0458. The monoisotopic (exact) mass is 336 g/mol. The van der Waals surface area contributed by atoms with E-state index in [2.05, 4.69) is 20.2 Å². The number of aliphatic hydroxyl groups excluding tert-OH is 1. The highest BCUT2D eigenvalue weighted by Crippen LogP contribution is 2.21. The number of nitrogens with one attached hydrogen (secondary N) is 2. The minimum absolute atomic E-state index is 0. The summed E-state index contributed by atoms with van der Waals surface area (Å²) in [4.78, 5) is 10.2. The normalized spacial score (nSPS) is 21.0. The molecule has 1 aromatic rings. The molecule has 0 bridgehead atoms. The van der Waals surface area contributed by atoms with Gasteiger partial charge in [0.05, 0.1) is 17.5 Å². The number of imidazole rings is 1. The first kappa shape index (κ1) is 18.7. The second-order valence-corrected chi connectivity index (χ2v) is 5.89. The predicted molar refractivity (Wildman–Crippen MR) is 88.4 cm³/mol. The van der Waals surface area contributed by atoms with Crippen molar-refractivity contribution >= 4 is 24.8 Å². The van der Waals surface area contributed by atoms with E-state index < -0.39 is 0 Å². The van der Waals surface area contributed by atoms with Gasteiger partial charge in [0.25, 0.3) is 0 Å². The number of piperidine rings is 1. The Morgan fingerprint density at radius 2 is 2.05 bits per heavy atom. The average molecular weight is 337 g/mol. The summed E-state index contributed by atoms with van der Waals surface area (Å²) >= 11 is 0. The molecule has 1 saturated heterocycles. The van der Waals surface area contributed by atoms with Crippen LogP contribution in [0.4, 0.5) is 0 Å². The minimum atomic E-state index is -0.187. The van der Waals surface area contributed by atoms with Crippen LogP contribution in [-0.2, 0) is 13.0 Å². The Morgan fingerprint density at radius 3 is 2.76 bits per heavy atom. The summed E-state index contributed by atoms with van der Waals surface area (Å²) in [5, 5.41) is 13.7. The fourth-order valence-electron chi connectivity index (χ4n) is 3.29. The fourth-order valence-corrected chi connectivity index (χ4v) is 3.29. The summed E-state index contributed by atoms with van der Waals surface area (Å²) in [5.41, 5.74) is 2.45. The second kappa shape index (κ2) is 8.34. The smallest absolute Gasteiger partial charge is 0.103 e. The van der Waals surface area contributed by atoms with Crippen LogP contribution in [0.1, 0.15) is 30.1 Å². The third kappa shape index (κ3) is 4.57. The molecule has 21 heavy (non-hydrogen) atoms. The van der Waals surface area contributed by atoms with Crippen molar-refractivity contribution in [3.8, 4) is 0 Å². The number of H-pyrrole nitrogens is 1. The van der Waals surface area contributed by atoms with Crippen molar-refractivity contribution in [1.82, 2.24) is 20.2 Å². The van der Waals surface area contributed by atoms with Crippen molar-refractivity contribution < 1.29 is 5.11 Å². The molecule has 0 radical (unpaired) electrons. The largest absolute Gasteiger partial charge is 0.392 e. The molecular weight excluding hydrogens is 311 g/mol. The van der Waals surface area contributed by atoms with Gasteiger partial charge in [0.1, 0.15) is 5.82 Å². The van der Waals surface area contributed by atoms with Gasteiger partial charge in [0, 0.05) is 26.1 Å². The number of nitrogens with zero attached hydrogens (tertiary/aromatic N) is 2. The van der Waals surface area contributed by atoms with E-state index >= 15 is 0 Å². The van der Waals surface area contributed by atoms with Gasteiger partial charge < -0.3 is 15.4 Å². The quantitative estimate of drug-likeness (QED) is 0.778.